The number of alkyl halides is 1. The molecule has 11 heteroatoms. The number of anilines is 1. The first-order chi connectivity index (χ1) is 14.5. The normalized spacial score (nSPS) is 19.6. The number of piperidine rings is 1. The van der Waals surface area contributed by atoms with Gasteiger partial charge in [0.15, 0.2) is 11.5 Å². The van der Waals surface area contributed by atoms with Crippen molar-refractivity contribution in [2.24, 2.45) is 0 Å². The Morgan fingerprint density at radius 3 is 2.32 bits per heavy atom. The molecule has 1 aromatic heterocycles. The molecule has 1 fully saturated rings. The Morgan fingerprint density at radius 2 is 1.74 bits per heavy atom. The summed E-state index contributed by atoms with van der Waals surface area (Å²) in [5.74, 6) is -0.541. The number of halogens is 1. The van der Waals surface area contributed by atoms with Crippen molar-refractivity contribution in [1.29, 1.82) is 0 Å². The average Bonchev–Trinajstić information content (AvgIpc) is 3.19. The molecule has 10 nitrogen and oxygen atoms in total. The second kappa shape index (κ2) is 8.45. The molecule has 0 radical (unpaired) electrons. The van der Waals surface area contributed by atoms with E-state index in [1.54, 1.807) is 27.7 Å². The van der Waals surface area contributed by atoms with Gasteiger partial charge in [0, 0.05) is 31.5 Å². The maximum Gasteiger partial charge on any atom is 0.435 e. The van der Waals surface area contributed by atoms with Gasteiger partial charge in [-0.3, -0.25) is 10.1 Å². The molecule has 0 atom stereocenters. The second-order valence-corrected chi connectivity index (χ2v) is 8.35. The lowest BCUT2D eigenvalue weighted by atomic mass is 9.90. The van der Waals surface area contributed by atoms with Gasteiger partial charge in [-0.05, 0) is 34.7 Å². The summed E-state index contributed by atoms with van der Waals surface area (Å²) in [7, 11) is 1.89. The van der Waals surface area contributed by atoms with Crippen molar-refractivity contribution in [1.82, 2.24) is 19.6 Å². The molecule has 0 spiro atoms. The number of nitrogens with zero attached hydrogens (tertiary/aromatic N) is 4. The number of hydrogen-bond donors (Lipinski definition) is 1. The molecule has 3 heterocycles. The minimum atomic E-state index is -1.98. The van der Waals surface area contributed by atoms with Crippen LogP contribution < -0.4 is 5.32 Å². The quantitative estimate of drug-likeness (QED) is 0.768. The van der Waals surface area contributed by atoms with Crippen molar-refractivity contribution in [2.75, 3.05) is 38.7 Å². The van der Waals surface area contributed by atoms with Crippen LogP contribution >= 0.6 is 0 Å². The van der Waals surface area contributed by atoms with Gasteiger partial charge in [0.2, 0.25) is 0 Å². The number of hydrogen-bond acceptors (Lipinski definition) is 7. The van der Waals surface area contributed by atoms with E-state index in [1.165, 1.54) is 4.90 Å². The lowest BCUT2D eigenvalue weighted by molar-refractivity contribution is -0.153. The van der Waals surface area contributed by atoms with E-state index >= 15 is 4.39 Å². The summed E-state index contributed by atoms with van der Waals surface area (Å²) in [4.78, 5) is 41.2. The molecule has 0 saturated carbocycles. The third kappa shape index (κ3) is 4.10. The number of likely N-dealkylation sites (tertiary alicyclic amines) is 1. The minimum absolute atomic E-state index is 0.00379. The van der Waals surface area contributed by atoms with Crippen LogP contribution in [0.25, 0.3) is 0 Å². The van der Waals surface area contributed by atoms with E-state index in [4.69, 9.17) is 9.47 Å². The van der Waals surface area contributed by atoms with E-state index in [-0.39, 0.29) is 38.4 Å². The number of fused-ring (bicyclic) bond motifs is 1. The molecular weight excluding hydrogens is 409 g/mol. The molecule has 2 amide bonds. The van der Waals surface area contributed by atoms with Crippen LogP contribution in [0.15, 0.2) is 0 Å². The number of amides is 2. The zero-order chi connectivity index (χ0) is 23.0. The van der Waals surface area contributed by atoms with Gasteiger partial charge in [0.1, 0.15) is 0 Å². The van der Waals surface area contributed by atoms with Gasteiger partial charge < -0.3 is 19.3 Å². The molecule has 2 aliphatic rings. The maximum absolute atomic E-state index is 15.6. The highest BCUT2D eigenvalue weighted by Crippen LogP contribution is 2.44. The van der Waals surface area contributed by atoms with Crippen molar-refractivity contribution in [2.45, 2.75) is 58.3 Å². The summed E-state index contributed by atoms with van der Waals surface area (Å²) in [5.41, 5.74) is -2.20. The van der Waals surface area contributed by atoms with E-state index in [2.05, 4.69) is 10.4 Å². The summed E-state index contributed by atoms with van der Waals surface area (Å²) < 4.78 is 26.7. The first-order valence-electron chi connectivity index (χ1n) is 10.5. The fourth-order valence-electron chi connectivity index (χ4n) is 4.15. The van der Waals surface area contributed by atoms with Crippen LogP contribution in [0.2, 0.25) is 0 Å². The lowest BCUT2D eigenvalue weighted by Gasteiger charge is -2.40. The zero-order valence-corrected chi connectivity index (χ0v) is 18.7. The van der Waals surface area contributed by atoms with Gasteiger partial charge in [0.05, 0.1) is 31.0 Å². The number of aromatic nitrogens is 2. The van der Waals surface area contributed by atoms with Gasteiger partial charge in [-0.1, -0.05) is 0 Å². The number of carbonyl (C=O) groups excluding carboxylic acids is 3. The molecule has 1 aromatic rings. The van der Waals surface area contributed by atoms with Crippen LogP contribution in [0.5, 0.6) is 0 Å². The van der Waals surface area contributed by atoms with Crippen LogP contribution in [0.3, 0.4) is 0 Å². The third-order valence-electron chi connectivity index (χ3n) is 5.90. The Hall–Kier alpha value is -2.69. The zero-order valence-electron chi connectivity index (χ0n) is 18.7. The molecule has 1 saturated heterocycles. The standard InChI is InChI=1S/C20H30FN5O5/c1-6-30-17(28)22-15-13-12-25(16(27)20(21)8-10-24(5)11-9-20)19(3,4)14(13)26(23-15)18(29)31-7-2/h6-12H2,1-5H3,(H,22,23,28). The predicted molar refractivity (Wildman–Crippen MR) is 109 cm³/mol. The average molecular weight is 439 g/mol. The van der Waals surface area contributed by atoms with Gasteiger partial charge >= 0.3 is 12.2 Å². The Bertz CT molecular complexity index is 876. The minimum Gasteiger partial charge on any atom is -0.450 e. The second-order valence-electron chi connectivity index (χ2n) is 8.35. The Kier molecular flexibility index (Phi) is 6.26. The summed E-state index contributed by atoms with van der Waals surface area (Å²) in [5, 5.41) is 6.71. The molecule has 0 unspecified atom stereocenters. The van der Waals surface area contributed by atoms with E-state index in [0.29, 0.717) is 24.3 Å². The fraction of sp³-hybridized carbons (Fsp3) is 0.700. The molecule has 172 valence electrons. The van der Waals surface area contributed by atoms with Crippen molar-refractivity contribution in [3.63, 3.8) is 0 Å². The maximum atomic E-state index is 15.6. The molecule has 1 N–H and O–H groups in total. The molecule has 0 bridgehead atoms. The predicted octanol–water partition coefficient (Wildman–Crippen LogP) is 2.47. The van der Waals surface area contributed by atoms with Crippen LogP contribution in [-0.2, 0) is 26.4 Å². The van der Waals surface area contributed by atoms with E-state index in [1.807, 2.05) is 11.9 Å². The Morgan fingerprint density at radius 1 is 1.13 bits per heavy atom. The van der Waals surface area contributed by atoms with E-state index in [9.17, 15) is 14.4 Å². The summed E-state index contributed by atoms with van der Waals surface area (Å²) >= 11 is 0. The van der Waals surface area contributed by atoms with Gasteiger partial charge in [-0.25, -0.2) is 14.0 Å². The first kappa shape index (κ1) is 23.0. The van der Waals surface area contributed by atoms with Crippen LogP contribution in [0.1, 0.15) is 51.8 Å². The topological polar surface area (TPSA) is 106 Å². The Labute approximate surface area is 180 Å². The number of carbonyl (C=O) groups is 3. The van der Waals surface area contributed by atoms with Crippen LogP contribution in [0.4, 0.5) is 19.8 Å². The molecule has 0 aromatic carbocycles. The molecular formula is C20H30FN5O5. The van der Waals surface area contributed by atoms with Crippen molar-refractivity contribution in [3.8, 4) is 0 Å². The molecule has 31 heavy (non-hydrogen) atoms. The smallest absolute Gasteiger partial charge is 0.435 e. The molecule has 0 aliphatic carbocycles. The van der Waals surface area contributed by atoms with Gasteiger partial charge in [0.25, 0.3) is 5.91 Å². The highest BCUT2D eigenvalue weighted by molar-refractivity contribution is 5.89. The van der Waals surface area contributed by atoms with Crippen molar-refractivity contribution >= 4 is 23.9 Å². The summed E-state index contributed by atoms with van der Waals surface area (Å²) in [6, 6.07) is 0. The van der Waals surface area contributed by atoms with Gasteiger partial charge in [-0.2, -0.15) is 4.68 Å². The fourth-order valence-corrected chi connectivity index (χ4v) is 4.15. The largest absolute Gasteiger partial charge is 0.450 e. The third-order valence-corrected chi connectivity index (χ3v) is 5.90. The summed E-state index contributed by atoms with van der Waals surface area (Å²) in [6.45, 7) is 8.01. The van der Waals surface area contributed by atoms with Crippen LogP contribution in [0, 0.1) is 0 Å². The highest BCUT2D eigenvalue weighted by Gasteiger charge is 2.53. The number of rotatable bonds is 4. The molecule has 2 aliphatic heterocycles. The first-order valence-corrected chi connectivity index (χ1v) is 10.5. The van der Waals surface area contributed by atoms with E-state index in [0.717, 1.165) is 4.68 Å². The van der Waals surface area contributed by atoms with Crippen molar-refractivity contribution in [3.05, 3.63) is 11.3 Å². The summed E-state index contributed by atoms with van der Waals surface area (Å²) in [6.07, 6.45) is -1.28. The van der Waals surface area contributed by atoms with Gasteiger partial charge in [-0.15, -0.1) is 5.10 Å². The molecule has 3 rings (SSSR count). The number of ether oxygens (including phenoxy) is 2. The van der Waals surface area contributed by atoms with Crippen molar-refractivity contribution < 1.29 is 28.2 Å². The highest BCUT2D eigenvalue weighted by atomic mass is 19.1. The Balaban J connectivity index is 1.98. The SMILES string of the molecule is CCOC(=O)Nc1nn(C(=O)OCC)c2c1CN(C(=O)C1(F)CCN(C)CC1)C2(C)C. The van der Waals surface area contributed by atoms with E-state index < -0.39 is 29.3 Å². The monoisotopic (exact) mass is 439 g/mol. The van der Waals surface area contributed by atoms with Crippen LogP contribution in [-0.4, -0.2) is 76.7 Å². The number of nitrogens with one attached hydrogen (secondary N) is 1. The lowest BCUT2D eigenvalue weighted by Crippen LogP contribution is -2.54.